The normalized spacial score (nSPS) is 11.6. The molecular weight excluding hydrogens is 366 g/mol. The Morgan fingerprint density at radius 1 is 1.19 bits per heavy atom. The molecule has 10 heteroatoms. The smallest absolute Gasteiger partial charge is 0.240 e. The number of hydrogen-bond donors (Lipinski definition) is 2. The average molecular weight is 387 g/mol. The van der Waals surface area contributed by atoms with E-state index in [4.69, 9.17) is 5.73 Å². The fourth-order valence-electron chi connectivity index (χ4n) is 2.45. The topological polar surface area (TPSA) is 129 Å². The van der Waals surface area contributed by atoms with Crippen molar-refractivity contribution in [2.24, 2.45) is 0 Å². The van der Waals surface area contributed by atoms with Crippen LogP contribution in [-0.4, -0.2) is 39.9 Å². The van der Waals surface area contributed by atoms with Crippen LogP contribution in [-0.2, 0) is 23.0 Å². The molecule has 0 fully saturated rings. The van der Waals surface area contributed by atoms with Crippen molar-refractivity contribution in [3.05, 3.63) is 59.3 Å². The summed E-state index contributed by atoms with van der Waals surface area (Å²) in [4.78, 5) is 8.48. The van der Waals surface area contributed by atoms with Crippen LogP contribution in [0.3, 0.4) is 0 Å². The van der Waals surface area contributed by atoms with Crippen molar-refractivity contribution in [2.75, 3.05) is 12.3 Å². The molecule has 2 heterocycles. The molecule has 3 aromatic rings. The number of aromatic nitrogens is 5. The van der Waals surface area contributed by atoms with E-state index in [1.165, 1.54) is 0 Å². The first-order valence-corrected chi connectivity index (χ1v) is 9.85. The SMILES string of the molecule is Cc1ccc(S(=O)(=O)NCCc2cn(Cc3cnc(C)nc3N)nn2)cc1. The van der Waals surface area contributed by atoms with Gasteiger partial charge in [-0.2, -0.15) is 0 Å². The molecule has 0 spiro atoms. The molecule has 0 atom stereocenters. The fourth-order valence-corrected chi connectivity index (χ4v) is 3.49. The second-order valence-electron chi connectivity index (χ2n) is 6.20. The van der Waals surface area contributed by atoms with E-state index in [0.717, 1.165) is 11.1 Å². The van der Waals surface area contributed by atoms with Crippen LogP contribution in [0.2, 0.25) is 0 Å². The second kappa shape index (κ2) is 7.80. The number of sulfonamides is 1. The number of aryl methyl sites for hydroxylation is 2. The first-order valence-electron chi connectivity index (χ1n) is 8.37. The molecule has 0 aliphatic carbocycles. The summed E-state index contributed by atoms with van der Waals surface area (Å²) in [7, 11) is -3.54. The third-order valence-corrected chi connectivity index (χ3v) is 5.42. The molecule has 0 saturated carbocycles. The monoisotopic (exact) mass is 387 g/mol. The van der Waals surface area contributed by atoms with Gasteiger partial charge in [0, 0.05) is 30.9 Å². The summed E-state index contributed by atoms with van der Waals surface area (Å²) < 4.78 is 28.7. The van der Waals surface area contributed by atoms with E-state index in [0.29, 0.717) is 30.3 Å². The number of anilines is 1. The van der Waals surface area contributed by atoms with E-state index in [9.17, 15) is 8.42 Å². The maximum Gasteiger partial charge on any atom is 0.240 e. The molecule has 0 unspecified atom stereocenters. The Hall–Kier alpha value is -2.85. The zero-order valence-corrected chi connectivity index (χ0v) is 15.9. The summed E-state index contributed by atoms with van der Waals surface area (Å²) in [5.41, 5.74) is 8.31. The minimum absolute atomic E-state index is 0.227. The van der Waals surface area contributed by atoms with Gasteiger partial charge in [0.2, 0.25) is 10.0 Å². The lowest BCUT2D eigenvalue weighted by atomic mass is 10.2. The van der Waals surface area contributed by atoms with Crippen LogP contribution in [0.4, 0.5) is 5.82 Å². The number of nitrogen functional groups attached to an aromatic ring is 1. The summed E-state index contributed by atoms with van der Waals surface area (Å²) in [5, 5.41) is 8.10. The molecule has 0 aliphatic heterocycles. The molecule has 0 radical (unpaired) electrons. The van der Waals surface area contributed by atoms with E-state index in [-0.39, 0.29) is 11.4 Å². The van der Waals surface area contributed by atoms with Gasteiger partial charge in [-0.1, -0.05) is 22.9 Å². The van der Waals surface area contributed by atoms with Gasteiger partial charge >= 0.3 is 0 Å². The third kappa shape index (κ3) is 4.86. The Morgan fingerprint density at radius 3 is 2.63 bits per heavy atom. The van der Waals surface area contributed by atoms with Gasteiger partial charge in [-0.3, -0.25) is 0 Å². The Morgan fingerprint density at radius 2 is 1.93 bits per heavy atom. The van der Waals surface area contributed by atoms with Crippen molar-refractivity contribution >= 4 is 15.8 Å². The molecule has 27 heavy (non-hydrogen) atoms. The lowest BCUT2D eigenvalue weighted by molar-refractivity contribution is 0.581. The third-order valence-electron chi connectivity index (χ3n) is 3.94. The molecule has 3 N–H and O–H groups in total. The van der Waals surface area contributed by atoms with Gasteiger partial charge in [0.1, 0.15) is 11.6 Å². The van der Waals surface area contributed by atoms with Crippen LogP contribution in [0.15, 0.2) is 41.6 Å². The van der Waals surface area contributed by atoms with Crippen molar-refractivity contribution in [3.63, 3.8) is 0 Å². The predicted molar refractivity (Wildman–Crippen MR) is 100 cm³/mol. The number of nitrogens with zero attached hydrogens (tertiary/aromatic N) is 5. The first kappa shape index (κ1) is 18.9. The van der Waals surface area contributed by atoms with Crippen molar-refractivity contribution in [3.8, 4) is 0 Å². The Balaban J connectivity index is 1.57. The molecule has 9 nitrogen and oxygen atoms in total. The minimum Gasteiger partial charge on any atom is -0.383 e. The predicted octanol–water partition coefficient (Wildman–Crippen LogP) is 0.836. The highest BCUT2D eigenvalue weighted by Crippen LogP contribution is 2.11. The van der Waals surface area contributed by atoms with E-state index in [2.05, 4.69) is 25.0 Å². The molecule has 0 bridgehead atoms. The van der Waals surface area contributed by atoms with Crippen LogP contribution >= 0.6 is 0 Å². The number of nitrogens with two attached hydrogens (primary N) is 1. The number of nitrogens with one attached hydrogen (secondary N) is 1. The van der Waals surface area contributed by atoms with E-state index < -0.39 is 10.0 Å². The molecule has 1 aromatic carbocycles. The van der Waals surface area contributed by atoms with Crippen molar-refractivity contribution in [1.82, 2.24) is 29.7 Å². The molecule has 0 aliphatic rings. The highest BCUT2D eigenvalue weighted by Gasteiger charge is 2.13. The van der Waals surface area contributed by atoms with E-state index >= 15 is 0 Å². The molecule has 3 rings (SSSR count). The van der Waals surface area contributed by atoms with Gasteiger partial charge in [-0.05, 0) is 26.0 Å². The molecule has 142 valence electrons. The van der Waals surface area contributed by atoms with Crippen molar-refractivity contribution in [2.45, 2.75) is 31.7 Å². The first-order chi connectivity index (χ1) is 12.8. The highest BCUT2D eigenvalue weighted by atomic mass is 32.2. The molecular formula is C17H21N7O2S. The van der Waals surface area contributed by atoms with Crippen LogP contribution in [0.25, 0.3) is 0 Å². The van der Waals surface area contributed by atoms with E-state index in [1.54, 1.807) is 48.3 Å². The van der Waals surface area contributed by atoms with Gasteiger partial charge < -0.3 is 5.73 Å². The summed E-state index contributed by atoms with van der Waals surface area (Å²) >= 11 is 0. The Labute approximate surface area is 157 Å². The van der Waals surface area contributed by atoms with Crippen molar-refractivity contribution < 1.29 is 8.42 Å². The molecule has 0 amide bonds. The molecule has 0 saturated heterocycles. The van der Waals surface area contributed by atoms with Gasteiger partial charge in [-0.15, -0.1) is 5.10 Å². The number of hydrogen-bond acceptors (Lipinski definition) is 7. The lowest BCUT2D eigenvalue weighted by Gasteiger charge is -2.06. The zero-order chi connectivity index (χ0) is 19.4. The Kier molecular flexibility index (Phi) is 5.47. The lowest BCUT2D eigenvalue weighted by Crippen LogP contribution is -2.26. The standard InChI is InChI=1S/C17H21N7O2S/c1-12-3-5-16(6-4-12)27(25,26)20-8-7-15-11-24(23-22-15)10-14-9-19-13(2)21-17(14)18/h3-6,9,11,20H,7-8,10H2,1-2H3,(H2,18,19,21). The van der Waals surface area contributed by atoms with Crippen LogP contribution in [0.1, 0.15) is 22.6 Å². The summed E-state index contributed by atoms with van der Waals surface area (Å²) in [6.45, 7) is 4.30. The maximum atomic E-state index is 12.3. The van der Waals surface area contributed by atoms with Crippen molar-refractivity contribution in [1.29, 1.82) is 0 Å². The summed E-state index contributed by atoms with van der Waals surface area (Å²) in [5.74, 6) is 1.02. The highest BCUT2D eigenvalue weighted by molar-refractivity contribution is 7.89. The van der Waals surface area contributed by atoms with Crippen LogP contribution < -0.4 is 10.5 Å². The van der Waals surface area contributed by atoms with Gasteiger partial charge in [0.15, 0.2) is 0 Å². The summed E-state index contributed by atoms with van der Waals surface area (Å²) in [6.07, 6.45) is 3.83. The van der Waals surface area contributed by atoms with Gasteiger partial charge in [-0.25, -0.2) is 27.8 Å². The Bertz CT molecular complexity index is 1030. The average Bonchev–Trinajstić information content (AvgIpc) is 3.05. The maximum absolute atomic E-state index is 12.3. The fraction of sp³-hybridized carbons (Fsp3) is 0.294. The minimum atomic E-state index is -3.54. The van der Waals surface area contributed by atoms with Gasteiger partial charge in [0.05, 0.1) is 17.1 Å². The summed E-state index contributed by atoms with van der Waals surface area (Å²) in [6, 6.07) is 6.70. The van der Waals surface area contributed by atoms with Crippen LogP contribution in [0.5, 0.6) is 0 Å². The zero-order valence-electron chi connectivity index (χ0n) is 15.1. The molecule has 2 aromatic heterocycles. The quantitative estimate of drug-likeness (QED) is 0.614. The van der Waals surface area contributed by atoms with E-state index in [1.807, 2.05) is 6.92 Å². The number of rotatable bonds is 7. The van der Waals surface area contributed by atoms with Gasteiger partial charge in [0.25, 0.3) is 0 Å². The second-order valence-corrected chi connectivity index (χ2v) is 7.96. The van der Waals surface area contributed by atoms with Crippen LogP contribution in [0, 0.1) is 13.8 Å². The largest absolute Gasteiger partial charge is 0.383 e. The number of benzene rings is 1.